The Morgan fingerprint density at radius 3 is 2.65 bits per heavy atom. The number of aromatic amines is 1. The molecule has 3 N–H and O–H groups in total. The maximum atomic E-state index is 13.5. The molecule has 2 amide bonds. The van der Waals surface area contributed by atoms with Crippen molar-refractivity contribution in [3.63, 3.8) is 0 Å². The molecular weight excluding hydrogens is 342 g/mol. The molecule has 0 bridgehead atoms. The summed E-state index contributed by atoms with van der Waals surface area (Å²) < 4.78 is 26.3. The van der Waals surface area contributed by atoms with Crippen molar-refractivity contribution >= 4 is 22.8 Å². The highest BCUT2D eigenvalue weighted by molar-refractivity contribution is 5.94. The lowest BCUT2D eigenvalue weighted by atomic mass is 10.2. The lowest BCUT2D eigenvalue weighted by Gasteiger charge is -2.06. The second-order valence-electron chi connectivity index (χ2n) is 5.61. The number of carbonyl (C=O) groups excluding carboxylic acids is 2. The summed E-state index contributed by atoms with van der Waals surface area (Å²) >= 11 is 0. The van der Waals surface area contributed by atoms with Gasteiger partial charge in [-0.3, -0.25) is 9.59 Å². The van der Waals surface area contributed by atoms with Gasteiger partial charge in [0.2, 0.25) is 5.91 Å². The van der Waals surface area contributed by atoms with E-state index in [-0.39, 0.29) is 31.0 Å². The number of H-pyrrole nitrogens is 1. The molecule has 0 aliphatic rings. The summed E-state index contributed by atoms with van der Waals surface area (Å²) in [5.41, 5.74) is 1.42. The summed E-state index contributed by atoms with van der Waals surface area (Å²) in [6, 6.07) is 10.2. The van der Waals surface area contributed by atoms with Crippen molar-refractivity contribution in [3.05, 3.63) is 65.5 Å². The van der Waals surface area contributed by atoms with Gasteiger partial charge in [0.1, 0.15) is 17.5 Å². The van der Waals surface area contributed by atoms with E-state index in [4.69, 9.17) is 0 Å². The van der Waals surface area contributed by atoms with E-state index in [0.717, 1.165) is 23.2 Å². The van der Waals surface area contributed by atoms with Gasteiger partial charge in [0.25, 0.3) is 5.91 Å². The highest BCUT2D eigenvalue weighted by Crippen LogP contribution is 2.10. The topological polar surface area (TPSA) is 86.9 Å². The summed E-state index contributed by atoms with van der Waals surface area (Å²) in [6.45, 7) is 0.260. The molecule has 0 atom stereocenters. The molecule has 1 aromatic heterocycles. The van der Waals surface area contributed by atoms with Crippen LogP contribution in [0.5, 0.6) is 0 Å². The van der Waals surface area contributed by atoms with Crippen molar-refractivity contribution in [1.29, 1.82) is 0 Å². The normalized spacial score (nSPS) is 10.7. The van der Waals surface area contributed by atoms with E-state index < -0.39 is 17.5 Å². The second kappa shape index (κ2) is 7.73. The molecule has 0 saturated heterocycles. The summed E-state index contributed by atoms with van der Waals surface area (Å²) in [7, 11) is 0. The molecule has 3 rings (SSSR count). The number of carbonyl (C=O) groups is 2. The van der Waals surface area contributed by atoms with Crippen molar-refractivity contribution in [3.8, 4) is 0 Å². The fourth-order valence-electron chi connectivity index (χ4n) is 2.42. The molecule has 0 radical (unpaired) electrons. The number of para-hydroxylation sites is 2. The minimum absolute atomic E-state index is 0.0226. The molecule has 1 heterocycles. The van der Waals surface area contributed by atoms with Crippen molar-refractivity contribution < 1.29 is 18.4 Å². The highest BCUT2D eigenvalue weighted by atomic mass is 19.1. The van der Waals surface area contributed by atoms with E-state index >= 15 is 0 Å². The van der Waals surface area contributed by atoms with Gasteiger partial charge in [-0.05, 0) is 24.3 Å². The first-order chi connectivity index (χ1) is 12.5. The first kappa shape index (κ1) is 17.5. The fraction of sp³-hybridized carbons (Fsp3) is 0.167. The van der Waals surface area contributed by atoms with Crippen LogP contribution in [0, 0.1) is 11.6 Å². The molecule has 0 spiro atoms. The summed E-state index contributed by atoms with van der Waals surface area (Å²) in [6.07, 6.45) is 0.0226. The Labute approximate surface area is 147 Å². The van der Waals surface area contributed by atoms with Crippen LogP contribution in [0.3, 0.4) is 0 Å². The van der Waals surface area contributed by atoms with E-state index in [1.165, 1.54) is 0 Å². The number of rotatable bonds is 6. The standard InChI is InChI=1S/C18H16F2N4O2/c19-11-5-6-12(13(20)9-11)18(26)21-8-7-17(25)22-10-16-23-14-3-1-2-4-15(14)24-16/h1-6,9H,7-8,10H2,(H,21,26)(H,22,25)(H,23,24). The van der Waals surface area contributed by atoms with E-state index in [2.05, 4.69) is 20.6 Å². The third-order valence-electron chi connectivity index (χ3n) is 3.70. The molecule has 6 nitrogen and oxygen atoms in total. The molecule has 3 aromatic rings. The predicted octanol–water partition coefficient (Wildman–Crippen LogP) is 2.28. The molecule has 2 aromatic carbocycles. The largest absolute Gasteiger partial charge is 0.351 e. The molecule has 26 heavy (non-hydrogen) atoms. The van der Waals surface area contributed by atoms with Crippen LogP contribution < -0.4 is 10.6 Å². The molecule has 0 fully saturated rings. The van der Waals surface area contributed by atoms with Gasteiger partial charge in [0, 0.05) is 19.0 Å². The maximum absolute atomic E-state index is 13.5. The zero-order valence-corrected chi connectivity index (χ0v) is 13.7. The van der Waals surface area contributed by atoms with Crippen molar-refractivity contribution in [2.24, 2.45) is 0 Å². The number of hydrogen-bond donors (Lipinski definition) is 3. The van der Waals surface area contributed by atoms with Gasteiger partial charge in [-0.1, -0.05) is 12.1 Å². The Bertz CT molecular complexity index is 922. The number of nitrogens with zero attached hydrogens (tertiary/aromatic N) is 1. The van der Waals surface area contributed by atoms with Gasteiger partial charge in [0.05, 0.1) is 23.1 Å². The number of fused-ring (bicyclic) bond motifs is 1. The molecule has 0 unspecified atom stereocenters. The van der Waals surface area contributed by atoms with Crippen LogP contribution in [0.4, 0.5) is 8.78 Å². The number of nitrogens with one attached hydrogen (secondary N) is 3. The summed E-state index contributed by atoms with van der Waals surface area (Å²) in [5, 5.41) is 5.11. The smallest absolute Gasteiger partial charge is 0.254 e. The Morgan fingerprint density at radius 2 is 1.88 bits per heavy atom. The summed E-state index contributed by atoms with van der Waals surface area (Å²) in [4.78, 5) is 31.1. The second-order valence-corrected chi connectivity index (χ2v) is 5.61. The third-order valence-corrected chi connectivity index (χ3v) is 3.70. The third kappa shape index (κ3) is 4.21. The van der Waals surface area contributed by atoms with E-state index in [1.54, 1.807) is 0 Å². The number of halogens is 2. The number of aromatic nitrogens is 2. The zero-order valence-electron chi connectivity index (χ0n) is 13.7. The molecular formula is C18H16F2N4O2. The van der Waals surface area contributed by atoms with Gasteiger partial charge in [0.15, 0.2) is 0 Å². The lowest BCUT2D eigenvalue weighted by Crippen LogP contribution is -2.31. The zero-order chi connectivity index (χ0) is 18.5. The van der Waals surface area contributed by atoms with Crippen LogP contribution in [0.1, 0.15) is 22.6 Å². The summed E-state index contributed by atoms with van der Waals surface area (Å²) in [5.74, 6) is -2.07. The predicted molar refractivity (Wildman–Crippen MR) is 91.2 cm³/mol. The minimum Gasteiger partial charge on any atom is -0.351 e. The van der Waals surface area contributed by atoms with Gasteiger partial charge >= 0.3 is 0 Å². The van der Waals surface area contributed by atoms with Gasteiger partial charge < -0.3 is 15.6 Å². The van der Waals surface area contributed by atoms with Crippen molar-refractivity contribution in [1.82, 2.24) is 20.6 Å². The van der Waals surface area contributed by atoms with Crippen LogP contribution in [0.2, 0.25) is 0 Å². The van der Waals surface area contributed by atoms with Crippen LogP contribution >= 0.6 is 0 Å². The van der Waals surface area contributed by atoms with Crippen molar-refractivity contribution in [2.45, 2.75) is 13.0 Å². The first-order valence-electron chi connectivity index (χ1n) is 7.96. The Kier molecular flexibility index (Phi) is 5.21. The van der Waals surface area contributed by atoms with Gasteiger partial charge in [-0.25, -0.2) is 13.8 Å². The van der Waals surface area contributed by atoms with E-state index in [0.29, 0.717) is 11.9 Å². The Hall–Kier alpha value is -3.29. The minimum atomic E-state index is -0.947. The SMILES string of the molecule is O=C(CCNC(=O)c1ccc(F)cc1F)NCc1nc2ccccc2[nH]1. The molecule has 0 aliphatic heterocycles. The molecule has 8 heteroatoms. The molecule has 0 saturated carbocycles. The lowest BCUT2D eigenvalue weighted by molar-refractivity contribution is -0.121. The number of imidazole rings is 1. The van der Waals surface area contributed by atoms with Crippen LogP contribution in [-0.4, -0.2) is 28.3 Å². The van der Waals surface area contributed by atoms with Gasteiger partial charge in [-0.15, -0.1) is 0 Å². The maximum Gasteiger partial charge on any atom is 0.254 e. The number of benzene rings is 2. The number of hydrogen-bond acceptors (Lipinski definition) is 3. The van der Waals surface area contributed by atoms with Crippen molar-refractivity contribution in [2.75, 3.05) is 6.54 Å². The monoisotopic (exact) mass is 358 g/mol. The average molecular weight is 358 g/mol. The average Bonchev–Trinajstić information content (AvgIpc) is 3.03. The van der Waals surface area contributed by atoms with Gasteiger partial charge in [-0.2, -0.15) is 0 Å². The quantitative estimate of drug-likeness (QED) is 0.632. The first-order valence-corrected chi connectivity index (χ1v) is 7.96. The van der Waals surface area contributed by atoms with Crippen LogP contribution in [0.25, 0.3) is 11.0 Å². The Morgan fingerprint density at radius 1 is 1.08 bits per heavy atom. The van der Waals surface area contributed by atoms with Crippen LogP contribution in [0.15, 0.2) is 42.5 Å². The number of amides is 2. The highest BCUT2D eigenvalue weighted by Gasteiger charge is 2.12. The fourth-order valence-corrected chi connectivity index (χ4v) is 2.42. The van der Waals surface area contributed by atoms with E-state index in [9.17, 15) is 18.4 Å². The molecule has 0 aliphatic carbocycles. The molecule has 134 valence electrons. The Balaban J connectivity index is 1.44. The van der Waals surface area contributed by atoms with Crippen LogP contribution in [-0.2, 0) is 11.3 Å². The van der Waals surface area contributed by atoms with E-state index in [1.807, 2.05) is 24.3 Å².